The number of hydrogen-bond acceptors (Lipinski definition) is 6. The lowest BCUT2D eigenvalue weighted by Gasteiger charge is -2.07. The van der Waals surface area contributed by atoms with Gasteiger partial charge in [0.15, 0.2) is 5.84 Å². The number of ether oxygens (including phenoxy) is 1. The van der Waals surface area contributed by atoms with E-state index in [9.17, 15) is 10.1 Å². The summed E-state index contributed by atoms with van der Waals surface area (Å²) in [6.07, 6.45) is 1.45. The van der Waals surface area contributed by atoms with Crippen molar-refractivity contribution in [3.63, 3.8) is 0 Å². The average molecular weight is 288 g/mol. The number of nitro groups is 1. The fourth-order valence-electron chi connectivity index (χ4n) is 1.70. The van der Waals surface area contributed by atoms with Crippen molar-refractivity contribution in [2.45, 2.75) is 6.92 Å². The standard InChI is InChI=1S/C13H12N4O4/c1-8-6-9(2-3-12(8)17(19)20)21-10-4-5-15-11(7-10)13(14)16-18/h2-7,18H,1H3,(H2,14,16). The van der Waals surface area contributed by atoms with Crippen molar-refractivity contribution in [1.29, 1.82) is 0 Å². The molecule has 0 bridgehead atoms. The number of oxime groups is 1. The normalized spacial score (nSPS) is 11.2. The Bertz CT molecular complexity index is 715. The van der Waals surface area contributed by atoms with Crippen LogP contribution in [-0.4, -0.2) is 21.0 Å². The predicted molar refractivity (Wildman–Crippen MR) is 74.7 cm³/mol. The summed E-state index contributed by atoms with van der Waals surface area (Å²) in [5.74, 6) is 0.718. The summed E-state index contributed by atoms with van der Waals surface area (Å²) in [6, 6.07) is 7.50. The van der Waals surface area contributed by atoms with Crippen LogP contribution in [0.2, 0.25) is 0 Å². The lowest BCUT2D eigenvalue weighted by atomic mass is 10.2. The molecule has 0 fully saturated rings. The van der Waals surface area contributed by atoms with Crippen LogP contribution in [0.25, 0.3) is 0 Å². The Morgan fingerprint density at radius 3 is 2.71 bits per heavy atom. The van der Waals surface area contributed by atoms with Gasteiger partial charge >= 0.3 is 0 Å². The highest BCUT2D eigenvalue weighted by Gasteiger charge is 2.11. The number of hydrogen-bond donors (Lipinski definition) is 2. The molecule has 108 valence electrons. The Morgan fingerprint density at radius 1 is 1.38 bits per heavy atom. The van der Waals surface area contributed by atoms with Crippen molar-refractivity contribution in [1.82, 2.24) is 4.98 Å². The summed E-state index contributed by atoms with van der Waals surface area (Å²) in [4.78, 5) is 14.2. The lowest BCUT2D eigenvalue weighted by molar-refractivity contribution is -0.385. The van der Waals surface area contributed by atoms with Gasteiger partial charge in [0.25, 0.3) is 5.69 Å². The Morgan fingerprint density at radius 2 is 2.10 bits per heavy atom. The van der Waals surface area contributed by atoms with E-state index >= 15 is 0 Å². The topological polar surface area (TPSA) is 124 Å². The molecule has 0 aliphatic carbocycles. The summed E-state index contributed by atoms with van der Waals surface area (Å²) < 4.78 is 5.57. The molecule has 8 heteroatoms. The zero-order chi connectivity index (χ0) is 15.4. The number of aromatic nitrogens is 1. The van der Waals surface area contributed by atoms with Crippen molar-refractivity contribution in [3.05, 3.63) is 57.9 Å². The minimum atomic E-state index is -0.456. The molecule has 8 nitrogen and oxygen atoms in total. The zero-order valence-electron chi connectivity index (χ0n) is 11.1. The maximum Gasteiger partial charge on any atom is 0.272 e. The molecule has 0 unspecified atom stereocenters. The van der Waals surface area contributed by atoms with Gasteiger partial charge in [-0.25, -0.2) is 0 Å². The second-order valence-electron chi connectivity index (χ2n) is 4.17. The smallest absolute Gasteiger partial charge is 0.272 e. The van der Waals surface area contributed by atoms with Crippen LogP contribution in [0.3, 0.4) is 0 Å². The van der Waals surface area contributed by atoms with Crippen molar-refractivity contribution in [3.8, 4) is 11.5 Å². The maximum absolute atomic E-state index is 10.7. The minimum Gasteiger partial charge on any atom is -0.457 e. The maximum atomic E-state index is 10.7. The highest BCUT2D eigenvalue weighted by atomic mass is 16.6. The molecule has 0 saturated carbocycles. The molecule has 0 aliphatic rings. The van der Waals surface area contributed by atoms with Gasteiger partial charge in [-0.2, -0.15) is 0 Å². The van der Waals surface area contributed by atoms with E-state index in [0.717, 1.165) is 0 Å². The van der Waals surface area contributed by atoms with E-state index in [0.29, 0.717) is 17.1 Å². The number of rotatable bonds is 4. The number of nitrogens with zero attached hydrogens (tertiary/aromatic N) is 3. The Kier molecular flexibility index (Phi) is 3.98. The van der Waals surface area contributed by atoms with E-state index in [1.807, 2.05) is 0 Å². The molecule has 2 aromatic rings. The van der Waals surface area contributed by atoms with Gasteiger partial charge in [-0.1, -0.05) is 5.16 Å². The van der Waals surface area contributed by atoms with Crippen LogP contribution in [0.4, 0.5) is 5.69 Å². The van der Waals surface area contributed by atoms with Gasteiger partial charge in [-0.15, -0.1) is 0 Å². The second-order valence-corrected chi connectivity index (χ2v) is 4.17. The summed E-state index contributed by atoms with van der Waals surface area (Å²) in [5, 5.41) is 22.2. The molecule has 21 heavy (non-hydrogen) atoms. The molecule has 2 rings (SSSR count). The van der Waals surface area contributed by atoms with E-state index in [1.165, 1.54) is 24.4 Å². The highest BCUT2D eigenvalue weighted by molar-refractivity contribution is 5.95. The van der Waals surface area contributed by atoms with Crippen LogP contribution in [0.1, 0.15) is 11.3 Å². The third-order valence-corrected chi connectivity index (χ3v) is 2.70. The van der Waals surface area contributed by atoms with Crippen molar-refractivity contribution < 1.29 is 14.9 Å². The van der Waals surface area contributed by atoms with Gasteiger partial charge in [-0.05, 0) is 25.1 Å². The quantitative estimate of drug-likeness (QED) is 0.292. The van der Waals surface area contributed by atoms with Crippen molar-refractivity contribution >= 4 is 11.5 Å². The predicted octanol–water partition coefficient (Wildman–Crippen LogP) is 2.19. The molecule has 1 aromatic heterocycles. The van der Waals surface area contributed by atoms with E-state index in [1.54, 1.807) is 19.1 Å². The zero-order valence-corrected chi connectivity index (χ0v) is 11.1. The first-order valence-electron chi connectivity index (χ1n) is 5.88. The number of nitro benzene ring substituents is 1. The van der Waals surface area contributed by atoms with Crippen LogP contribution < -0.4 is 10.5 Å². The Hall–Kier alpha value is -3.16. The first-order chi connectivity index (χ1) is 10.0. The first-order valence-corrected chi connectivity index (χ1v) is 5.88. The van der Waals surface area contributed by atoms with E-state index in [4.69, 9.17) is 15.7 Å². The van der Waals surface area contributed by atoms with Gasteiger partial charge in [0.2, 0.25) is 0 Å². The van der Waals surface area contributed by atoms with Crippen LogP contribution in [0.5, 0.6) is 11.5 Å². The molecule has 0 spiro atoms. The highest BCUT2D eigenvalue weighted by Crippen LogP contribution is 2.27. The number of benzene rings is 1. The van der Waals surface area contributed by atoms with Crippen LogP contribution in [0.15, 0.2) is 41.7 Å². The molecule has 0 aliphatic heterocycles. The third kappa shape index (κ3) is 3.24. The van der Waals surface area contributed by atoms with Crippen molar-refractivity contribution in [2.24, 2.45) is 10.9 Å². The summed E-state index contributed by atoms with van der Waals surface area (Å²) in [6.45, 7) is 1.62. The monoisotopic (exact) mass is 288 g/mol. The Balaban J connectivity index is 2.26. The van der Waals surface area contributed by atoms with Crippen LogP contribution in [0, 0.1) is 17.0 Å². The lowest BCUT2D eigenvalue weighted by Crippen LogP contribution is -2.14. The number of amidine groups is 1. The largest absolute Gasteiger partial charge is 0.457 e. The average Bonchev–Trinajstić information content (AvgIpc) is 2.46. The van der Waals surface area contributed by atoms with Crippen LogP contribution in [-0.2, 0) is 0 Å². The number of nitrogens with two attached hydrogens (primary N) is 1. The first kappa shape index (κ1) is 14.3. The fraction of sp³-hybridized carbons (Fsp3) is 0.0769. The SMILES string of the molecule is Cc1cc(Oc2ccnc(C(N)=NO)c2)ccc1[N+](=O)[O-]. The number of aryl methyl sites for hydroxylation is 1. The molecular formula is C13H12N4O4. The Labute approximate surface area is 119 Å². The van der Waals surface area contributed by atoms with E-state index in [2.05, 4.69) is 10.1 Å². The van der Waals surface area contributed by atoms with Gasteiger partial charge in [0, 0.05) is 23.9 Å². The van der Waals surface area contributed by atoms with Crippen molar-refractivity contribution in [2.75, 3.05) is 0 Å². The molecule has 1 aromatic carbocycles. The van der Waals surface area contributed by atoms with Crippen LogP contribution >= 0.6 is 0 Å². The molecule has 0 radical (unpaired) electrons. The van der Waals surface area contributed by atoms with Gasteiger partial charge in [0.1, 0.15) is 17.2 Å². The second kappa shape index (κ2) is 5.87. The van der Waals surface area contributed by atoms with Gasteiger partial charge < -0.3 is 15.7 Å². The summed E-state index contributed by atoms with van der Waals surface area (Å²) in [5.41, 5.74) is 6.21. The summed E-state index contributed by atoms with van der Waals surface area (Å²) >= 11 is 0. The number of pyridine rings is 1. The molecule has 3 N–H and O–H groups in total. The van der Waals surface area contributed by atoms with Gasteiger partial charge in [0.05, 0.1) is 4.92 Å². The summed E-state index contributed by atoms with van der Waals surface area (Å²) in [7, 11) is 0. The van der Waals surface area contributed by atoms with E-state index in [-0.39, 0.29) is 17.2 Å². The molecular weight excluding hydrogens is 276 g/mol. The van der Waals surface area contributed by atoms with E-state index < -0.39 is 4.92 Å². The third-order valence-electron chi connectivity index (χ3n) is 2.70. The molecule has 0 amide bonds. The molecule has 1 heterocycles. The van der Waals surface area contributed by atoms with Gasteiger partial charge in [-0.3, -0.25) is 15.1 Å². The molecule has 0 atom stereocenters. The fourth-order valence-corrected chi connectivity index (χ4v) is 1.70. The minimum absolute atomic E-state index is 0.0226. The molecule has 0 saturated heterocycles.